The SMILES string of the molecule is COc1cccc(Cn2cccc2CN(Cc2ccccc2)C(=O)c2ccccc2OC)c1. The zero-order chi connectivity index (χ0) is 23.0. The number of carbonyl (C=O) groups is 1. The molecule has 0 N–H and O–H groups in total. The lowest BCUT2D eigenvalue weighted by Gasteiger charge is -2.25. The number of nitrogens with zero attached hydrogens (tertiary/aromatic N) is 2. The van der Waals surface area contributed by atoms with E-state index in [2.05, 4.69) is 16.7 Å². The fourth-order valence-corrected chi connectivity index (χ4v) is 3.91. The molecule has 4 aromatic rings. The summed E-state index contributed by atoms with van der Waals surface area (Å²) in [5.74, 6) is 1.34. The number of methoxy groups -OCH3 is 2. The molecule has 0 atom stereocenters. The highest BCUT2D eigenvalue weighted by atomic mass is 16.5. The summed E-state index contributed by atoms with van der Waals surface area (Å²) < 4.78 is 13.0. The Labute approximate surface area is 194 Å². The number of benzene rings is 3. The van der Waals surface area contributed by atoms with Crippen LogP contribution in [0.4, 0.5) is 0 Å². The molecule has 3 aromatic carbocycles. The van der Waals surface area contributed by atoms with Crippen molar-refractivity contribution in [1.29, 1.82) is 0 Å². The number of aromatic nitrogens is 1. The Hall–Kier alpha value is -3.99. The van der Waals surface area contributed by atoms with Crippen LogP contribution in [0.3, 0.4) is 0 Å². The molecule has 0 saturated carbocycles. The minimum atomic E-state index is -0.0644. The highest BCUT2D eigenvalue weighted by molar-refractivity contribution is 5.96. The predicted octanol–water partition coefficient (Wildman–Crippen LogP) is 5.40. The van der Waals surface area contributed by atoms with Crippen LogP contribution in [-0.2, 0) is 19.6 Å². The van der Waals surface area contributed by atoms with Crippen molar-refractivity contribution >= 4 is 5.91 Å². The average molecular weight is 441 g/mol. The molecule has 0 aliphatic carbocycles. The smallest absolute Gasteiger partial charge is 0.258 e. The quantitative estimate of drug-likeness (QED) is 0.350. The largest absolute Gasteiger partial charge is 0.497 e. The molecule has 0 bridgehead atoms. The Morgan fingerprint density at radius 1 is 0.788 bits per heavy atom. The molecule has 1 heterocycles. The van der Waals surface area contributed by atoms with Crippen molar-refractivity contribution in [2.45, 2.75) is 19.6 Å². The van der Waals surface area contributed by atoms with E-state index >= 15 is 0 Å². The highest BCUT2D eigenvalue weighted by Gasteiger charge is 2.21. The summed E-state index contributed by atoms with van der Waals surface area (Å²) in [6.07, 6.45) is 2.04. The molecule has 0 spiro atoms. The lowest BCUT2D eigenvalue weighted by molar-refractivity contribution is 0.0723. The molecule has 4 rings (SSSR count). The molecule has 0 aliphatic heterocycles. The number of para-hydroxylation sites is 1. The van der Waals surface area contributed by atoms with Crippen LogP contribution in [0.2, 0.25) is 0 Å². The van der Waals surface area contributed by atoms with Crippen molar-refractivity contribution in [2.24, 2.45) is 0 Å². The van der Waals surface area contributed by atoms with Crippen LogP contribution in [0, 0.1) is 0 Å². The summed E-state index contributed by atoms with van der Waals surface area (Å²) in [4.78, 5) is 15.5. The monoisotopic (exact) mass is 440 g/mol. The van der Waals surface area contributed by atoms with Gasteiger partial charge in [-0.1, -0.05) is 54.6 Å². The fourth-order valence-electron chi connectivity index (χ4n) is 3.91. The third kappa shape index (κ3) is 5.44. The first-order valence-electron chi connectivity index (χ1n) is 10.9. The van der Waals surface area contributed by atoms with Gasteiger partial charge >= 0.3 is 0 Å². The molecular weight excluding hydrogens is 412 g/mol. The van der Waals surface area contributed by atoms with Crippen LogP contribution in [0.15, 0.2) is 97.2 Å². The first kappa shape index (κ1) is 22.2. The van der Waals surface area contributed by atoms with E-state index in [-0.39, 0.29) is 5.91 Å². The van der Waals surface area contributed by atoms with Gasteiger partial charge in [-0.05, 0) is 47.5 Å². The second kappa shape index (κ2) is 10.6. The van der Waals surface area contributed by atoms with Crippen LogP contribution in [0.5, 0.6) is 11.5 Å². The second-order valence-electron chi connectivity index (χ2n) is 7.83. The van der Waals surface area contributed by atoms with Gasteiger partial charge in [0.05, 0.1) is 26.3 Å². The molecule has 0 saturated heterocycles. The lowest BCUT2D eigenvalue weighted by atomic mass is 10.1. The summed E-state index contributed by atoms with van der Waals surface area (Å²) in [7, 11) is 3.26. The maximum absolute atomic E-state index is 13.6. The number of hydrogen-bond donors (Lipinski definition) is 0. The van der Waals surface area contributed by atoms with Gasteiger partial charge in [-0.15, -0.1) is 0 Å². The van der Waals surface area contributed by atoms with Crippen molar-refractivity contribution in [3.8, 4) is 11.5 Å². The van der Waals surface area contributed by atoms with Crippen molar-refractivity contribution in [3.63, 3.8) is 0 Å². The first-order chi connectivity index (χ1) is 16.2. The van der Waals surface area contributed by atoms with E-state index in [0.717, 1.165) is 22.6 Å². The molecule has 5 nitrogen and oxygen atoms in total. The Bertz CT molecular complexity index is 1200. The van der Waals surface area contributed by atoms with E-state index in [1.807, 2.05) is 90.0 Å². The van der Waals surface area contributed by atoms with Gasteiger partial charge in [0.2, 0.25) is 0 Å². The van der Waals surface area contributed by atoms with E-state index in [1.165, 1.54) is 0 Å². The Balaban J connectivity index is 1.62. The molecular formula is C28H28N2O3. The molecule has 0 unspecified atom stereocenters. The zero-order valence-electron chi connectivity index (χ0n) is 19.0. The topological polar surface area (TPSA) is 43.7 Å². The first-order valence-corrected chi connectivity index (χ1v) is 10.9. The van der Waals surface area contributed by atoms with Gasteiger partial charge in [-0.3, -0.25) is 4.79 Å². The molecule has 5 heteroatoms. The van der Waals surface area contributed by atoms with Crippen LogP contribution >= 0.6 is 0 Å². The number of rotatable bonds is 9. The molecule has 0 aliphatic rings. The average Bonchev–Trinajstić information content (AvgIpc) is 3.30. The highest BCUT2D eigenvalue weighted by Crippen LogP contribution is 2.23. The van der Waals surface area contributed by atoms with Crippen molar-refractivity contribution in [1.82, 2.24) is 9.47 Å². The second-order valence-corrected chi connectivity index (χ2v) is 7.83. The summed E-state index contributed by atoms with van der Waals surface area (Å²) in [6, 6.07) is 29.5. The van der Waals surface area contributed by atoms with E-state index in [4.69, 9.17) is 9.47 Å². The zero-order valence-corrected chi connectivity index (χ0v) is 19.0. The molecule has 1 aromatic heterocycles. The van der Waals surface area contributed by atoms with E-state index < -0.39 is 0 Å². The Kier molecular flexibility index (Phi) is 7.10. The summed E-state index contributed by atoms with van der Waals surface area (Å²) in [5.41, 5.74) is 3.82. The number of amides is 1. The standard InChI is InChI=1S/C28H28N2O3/c1-32-25-14-8-12-23(18-25)20-29-17-9-13-24(29)21-30(19-22-10-4-3-5-11-22)28(31)26-15-6-7-16-27(26)33-2/h3-18H,19-21H2,1-2H3. The Morgan fingerprint density at radius 3 is 2.33 bits per heavy atom. The molecule has 168 valence electrons. The van der Waals surface area contributed by atoms with Gasteiger partial charge in [0.25, 0.3) is 5.91 Å². The predicted molar refractivity (Wildman–Crippen MR) is 130 cm³/mol. The van der Waals surface area contributed by atoms with Gasteiger partial charge in [0, 0.05) is 25.0 Å². The van der Waals surface area contributed by atoms with Crippen molar-refractivity contribution in [3.05, 3.63) is 120 Å². The number of hydrogen-bond acceptors (Lipinski definition) is 3. The maximum Gasteiger partial charge on any atom is 0.258 e. The van der Waals surface area contributed by atoms with E-state index in [9.17, 15) is 4.79 Å². The van der Waals surface area contributed by atoms with Crippen LogP contribution in [0.25, 0.3) is 0 Å². The number of ether oxygens (including phenoxy) is 2. The fraction of sp³-hybridized carbons (Fsp3) is 0.179. The summed E-state index contributed by atoms with van der Waals surface area (Å²) in [6.45, 7) is 1.67. The van der Waals surface area contributed by atoms with Crippen LogP contribution < -0.4 is 9.47 Å². The maximum atomic E-state index is 13.6. The third-order valence-electron chi connectivity index (χ3n) is 5.60. The summed E-state index contributed by atoms with van der Waals surface area (Å²) >= 11 is 0. The number of carbonyl (C=O) groups excluding carboxylic acids is 1. The van der Waals surface area contributed by atoms with Crippen molar-refractivity contribution < 1.29 is 14.3 Å². The molecule has 0 radical (unpaired) electrons. The van der Waals surface area contributed by atoms with Gasteiger partial charge in [-0.25, -0.2) is 0 Å². The normalized spacial score (nSPS) is 10.6. The van der Waals surface area contributed by atoms with Crippen LogP contribution in [0.1, 0.15) is 27.2 Å². The summed E-state index contributed by atoms with van der Waals surface area (Å²) in [5, 5.41) is 0. The third-order valence-corrected chi connectivity index (χ3v) is 5.60. The minimum Gasteiger partial charge on any atom is -0.497 e. The van der Waals surface area contributed by atoms with Gasteiger partial charge in [0.15, 0.2) is 0 Å². The van der Waals surface area contributed by atoms with Gasteiger partial charge in [0.1, 0.15) is 11.5 Å². The van der Waals surface area contributed by atoms with E-state index in [1.54, 1.807) is 14.2 Å². The van der Waals surface area contributed by atoms with Gasteiger partial charge < -0.3 is 18.9 Å². The Morgan fingerprint density at radius 2 is 1.55 bits per heavy atom. The molecule has 1 amide bonds. The molecule has 33 heavy (non-hydrogen) atoms. The van der Waals surface area contributed by atoms with Gasteiger partial charge in [-0.2, -0.15) is 0 Å². The van der Waals surface area contributed by atoms with Crippen molar-refractivity contribution in [2.75, 3.05) is 14.2 Å². The minimum absolute atomic E-state index is 0.0644. The molecule has 0 fully saturated rings. The van der Waals surface area contributed by atoms with E-state index in [0.29, 0.717) is 30.9 Å². The van der Waals surface area contributed by atoms with Crippen LogP contribution in [-0.4, -0.2) is 29.6 Å². The lowest BCUT2D eigenvalue weighted by Crippen LogP contribution is -2.31.